The van der Waals surface area contributed by atoms with Gasteiger partial charge in [-0.25, -0.2) is 0 Å². The Morgan fingerprint density at radius 3 is 2.23 bits per heavy atom. The Morgan fingerprint density at radius 2 is 1.62 bits per heavy atom. The van der Waals surface area contributed by atoms with Gasteiger partial charge in [-0.15, -0.1) is 0 Å². The van der Waals surface area contributed by atoms with E-state index in [1.807, 2.05) is 0 Å². The largest absolute Gasteiger partial charge is 0.0654 e. The third-order valence-corrected chi connectivity index (χ3v) is 5.02. The van der Waals surface area contributed by atoms with Crippen LogP contribution in [0.2, 0.25) is 0 Å². The van der Waals surface area contributed by atoms with Gasteiger partial charge in [-0.2, -0.15) is 0 Å². The zero-order valence-electron chi connectivity index (χ0n) is 9.59. The van der Waals surface area contributed by atoms with Crippen molar-refractivity contribution in [3.8, 4) is 0 Å². The van der Waals surface area contributed by atoms with Crippen LogP contribution in [0, 0.1) is 35.5 Å². The molecule has 2 saturated carbocycles. The van der Waals surface area contributed by atoms with Crippen molar-refractivity contribution >= 4 is 0 Å². The first-order valence-electron chi connectivity index (χ1n) is 6.16. The molecule has 0 aromatic carbocycles. The zero-order chi connectivity index (χ0) is 9.59. The summed E-state index contributed by atoms with van der Waals surface area (Å²) in [6.45, 7) is 9.77. The predicted octanol–water partition coefficient (Wildman–Crippen LogP) is 3.96. The monoisotopic (exact) mass is 180 g/mol. The molecular weight excluding hydrogens is 156 g/mol. The summed E-state index contributed by atoms with van der Waals surface area (Å²) in [5.74, 6) is 6.33. The maximum Gasteiger partial charge on any atom is -0.0324 e. The highest BCUT2D eigenvalue weighted by Crippen LogP contribution is 2.60. The third kappa shape index (κ3) is 1.25. The second-order valence-electron chi connectivity index (χ2n) is 5.63. The van der Waals surface area contributed by atoms with E-state index in [9.17, 15) is 0 Å². The maximum absolute atomic E-state index is 2.48. The number of fused-ring (bicyclic) bond motifs is 1. The number of hydrogen-bond donors (Lipinski definition) is 0. The van der Waals surface area contributed by atoms with Crippen molar-refractivity contribution in [3.63, 3.8) is 0 Å². The minimum absolute atomic E-state index is 1.02. The van der Waals surface area contributed by atoms with Gasteiger partial charge < -0.3 is 0 Å². The van der Waals surface area contributed by atoms with Crippen LogP contribution in [0.5, 0.6) is 0 Å². The highest BCUT2D eigenvalue weighted by Gasteiger charge is 2.54. The van der Waals surface area contributed by atoms with E-state index in [1.165, 1.54) is 19.3 Å². The van der Waals surface area contributed by atoms with E-state index in [-0.39, 0.29) is 0 Å². The second-order valence-corrected chi connectivity index (χ2v) is 5.63. The minimum Gasteiger partial charge on any atom is -0.0654 e. The van der Waals surface area contributed by atoms with Gasteiger partial charge in [0.25, 0.3) is 0 Å². The van der Waals surface area contributed by atoms with Crippen LogP contribution in [0.1, 0.15) is 47.0 Å². The van der Waals surface area contributed by atoms with Crippen LogP contribution in [-0.4, -0.2) is 0 Å². The Balaban J connectivity index is 2.04. The molecule has 2 rings (SSSR count). The normalized spacial score (nSPS) is 54.5. The molecule has 0 nitrogen and oxygen atoms in total. The molecule has 2 fully saturated rings. The third-order valence-electron chi connectivity index (χ3n) is 5.02. The standard InChI is InChI=1S/C13H24/c1-5-6-11-7-8(2)12-9(3)10(4)13(11)12/h8-13H,5-7H2,1-4H3. The first-order valence-corrected chi connectivity index (χ1v) is 6.16. The summed E-state index contributed by atoms with van der Waals surface area (Å²) in [6.07, 6.45) is 4.40. The lowest BCUT2D eigenvalue weighted by atomic mass is 9.56. The summed E-state index contributed by atoms with van der Waals surface area (Å²) in [6, 6.07) is 0. The Morgan fingerprint density at radius 1 is 1.00 bits per heavy atom. The van der Waals surface area contributed by atoms with Crippen molar-refractivity contribution in [3.05, 3.63) is 0 Å². The average Bonchev–Trinajstić information content (AvgIpc) is 2.39. The molecule has 0 saturated heterocycles. The van der Waals surface area contributed by atoms with Gasteiger partial charge in [0.15, 0.2) is 0 Å². The van der Waals surface area contributed by atoms with Crippen LogP contribution in [0.3, 0.4) is 0 Å². The van der Waals surface area contributed by atoms with Gasteiger partial charge in [0.05, 0.1) is 0 Å². The molecule has 0 aromatic heterocycles. The molecule has 0 spiro atoms. The summed E-state index contributed by atoms with van der Waals surface area (Å²) < 4.78 is 0. The predicted molar refractivity (Wildman–Crippen MR) is 57.5 cm³/mol. The summed E-state index contributed by atoms with van der Waals surface area (Å²) >= 11 is 0. The van der Waals surface area contributed by atoms with E-state index >= 15 is 0 Å². The molecule has 6 atom stereocenters. The van der Waals surface area contributed by atoms with Crippen molar-refractivity contribution < 1.29 is 0 Å². The lowest BCUT2D eigenvalue weighted by Gasteiger charge is -2.49. The van der Waals surface area contributed by atoms with Gasteiger partial charge in [0, 0.05) is 0 Å². The highest BCUT2D eigenvalue weighted by atomic mass is 14.6. The Labute approximate surface area is 83.1 Å². The SMILES string of the molecule is CCCC1CC(C)C2C(C)C(C)C12. The number of rotatable bonds is 2. The van der Waals surface area contributed by atoms with E-state index in [2.05, 4.69) is 27.7 Å². The van der Waals surface area contributed by atoms with Crippen molar-refractivity contribution in [2.45, 2.75) is 47.0 Å². The molecule has 0 aromatic rings. The van der Waals surface area contributed by atoms with E-state index in [1.54, 1.807) is 0 Å². The molecule has 2 aliphatic carbocycles. The Bertz CT molecular complexity index is 184. The Kier molecular flexibility index (Phi) is 2.42. The quantitative estimate of drug-likeness (QED) is 0.603. The molecule has 0 bridgehead atoms. The summed E-state index contributed by atoms with van der Waals surface area (Å²) in [5, 5.41) is 0. The van der Waals surface area contributed by atoms with E-state index < -0.39 is 0 Å². The molecule has 6 unspecified atom stereocenters. The van der Waals surface area contributed by atoms with Crippen molar-refractivity contribution in [1.29, 1.82) is 0 Å². The zero-order valence-corrected chi connectivity index (χ0v) is 9.59. The van der Waals surface area contributed by atoms with Crippen molar-refractivity contribution in [2.75, 3.05) is 0 Å². The van der Waals surface area contributed by atoms with E-state index in [0.717, 1.165) is 35.5 Å². The molecule has 0 heteroatoms. The topological polar surface area (TPSA) is 0 Å². The fourth-order valence-electron chi connectivity index (χ4n) is 4.37. The Hall–Kier alpha value is 0. The van der Waals surface area contributed by atoms with Crippen LogP contribution >= 0.6 is 0 Å². The van der Waals surface area contributed by atoms with Crippen LogP contribution in [0.25, 0.3) is 0 Å². The molecule has 0 N–H and O–H groups in total. The fraction of sp³-hybridized carbons (Fsp3) is 1.00. The average molecular weight is 180 g/mol. The smallest absolute Gasteiger partial charge is 0.0324 e. The molecular formula is C13H24. The highest BCUT2D eigenvalue weighted by molar-refractivity contribution is 5.02. The van der Waals surface area contributed by atoms with Gasteiger partial charge in [-0.3, -0.25) is 0 Å². The fourth-order valence-corrected chi connectivity index (χ4v) is 4.37. The van der Waals surface area contributed by atoms with E-state index in [0.29, 0.717) is 0 Å². The molecule has 0 amide bonds. The van der Waals surface area contributed by atoms with Crippen molar-refractivity contribution in [2.24, 2.45) is 35.5 Å². The molecule has 0 radical (unpaired) electrons. The maximum atomic E-state index is 2.48. The lowest BCUT2D eigenvalue weighted by molar-refractivity contribution is -0.0148. The van der Waals surface area contributed by atoms with Gasteiger partial charge in [-0.1, -0.05) is 40.5 Å². The summed E-state index contributed by atoms with van der Waals surface area (Å²) in [5.41, 5.74) is 0. The molecule has 0 aliphatic heterocycles. The molecule has 2 aliphatic rings. The molecule has 0 heterocycles. The van der Waals surface area contributed by atoms with Gasteiger partial charge >= 0.3 is 0 Å². The van der Waals surface area contributed by atoms with Gasteiger partial charge in [0.2, 0.25) is 0 Å². The summed E-state index contributed by atoms with van der Waals surface area (Å²) in [4.78, 5) is 0. The lowest BCUT2D eigenvalue weighted by Crippen LogP contribution is -2.44. The first-order chi connectivity index (χ1) is 6.16. The first kappa shape index (κ1) is 9.55. The van der Waals surface area contributed by atoms with Crippen LogP contribution in [0.15, 0.2) is 0 Å². The van der Waals surface area contributed by atoms with Crippen LogP contribution in [-0.2, 0) is 0 Å². The molecule has 13 heavy (non-hydrogen) atoms. The van der Waals surface area contributed by atoms with Gasteiger partial charge in [-0.05, 0) is 41.9 Å². The van der Waals surface area contributed by atoms with Gasteiger partial charge in [0.1, 0.15) is 0 Å². The minimum atomic E-state index is 1.02. The second kappa shape index (κ2) is 3.29. The van der Waals surface area contributed by atoms with Crippen LogP contribution in [0.4, 0.5) is 0 Å². The van der Waals surface area contributed by atoms with E-state index in [4.69, 9.17) is 0 Å². The number of hydrogen-bond acceptors (Lipinski definition) is 0. The van der Waals surface area contributed by atoms with Crippen LogP contribution < -0.4 is 0 Å². The molecule has 76 valence electrons. The van der Waals surface area contributed by atoms with Crippen molar-refractivity contribution in [1.82, 2.24) is 0 Å². The summed E-state index contributed by atoms with van der Waals surface area (Å²) in [7, 11) is 0.